The quantitative estimate of drug-likeness (QED) is 0.0287. The van der Waals surface area contributed by atoms with Crippen LogP contribution in [0.2, 0.25) is 10.0 Å². The van der Waals surface area contributed by atoms with Gasteiger partial charge >= 0.3 is 22.7 Å². The zero-order chi connectivity index (χ0) is 58.7. The largest absolute Gasteiger partial charge is 0.374 e. The van der Waals surface area contributed by atoms with Gasteiger partial charge in [0.15, 0.2) is 33.1 Å². The Morgan fingerprint density at radius 3 is 1.20 bits per heavy atom. The molecule has 0 aliphatic carbocycles. The lowest BCUT2D eigenvalue weighted by Crippen LogP contribution is -2.29. The van der Waals surface area contributed by atoms with E-state index in [1.54, 1.807) is 54.6 Å². The van der Waals surface area contributed by atoms with Gasteiger partial charge in [-0.05, 0) is 109 Å². The standard InChI is InChI=1S/C16H11ClN6O4.C16H11ClN6O3S.C16H11FN6O3S/c17-10-3-5-11(6-4-10)19-20-14-13(21-22(15(14)24)16(18)25)9-1-7-12(8-2-9)23(26)27;2*17-11-3-1-2-4-12(11)19-20-14-13(21-22(15(14)24)16(18)27)9-5-7-10(8-6-9)23(25)26/h1-8,21H,(H2,18,25);2*1-8,21H,(H2,18,27). The number of nitrogens with one attached hydrogen (secondary N) is 3. The van der Waals surface area contributed by atoms with Crippen molar-refractivity contribution in [1.82, 2.24) is 29.3 Å². The third-order valence-corrected chi connectivity index (χ3v) is 11.6. The number of aromatic amines is 3. The Morgan fingerprint density at radius 2 is 0.827 bits per heavy atom. The number of carbonyl (C=O) groups is 1. The van der Waals surface area contributed by atoms with Crippen molar-refractivity contribution in [2.45, 2.75) is 0 Å². The molecule has 0 spiro atoms. The van der Waals surface area contributed by atoms with Crippen LogP contribution >= 0.6 is 47.6 Å². The monoisotopic (exact) mass is 1170 g/mol. The minimum atomic E-state index is -1.03. The van der Waals surface area contributed by atoms with Gasteiger partial charge in [0, 0.05) is 58.1 Å². The van der Waals surface area contributed by atoms with Crippen molar-refractivity contribution in [3.63, 3.8) is 0 Å². The Kier molecular flexibility index (Phi) is 18.2. The molecule has 0 bridgehead atoms. The number of primary amides is 1. The summed E-state index contributed by atoms with van der Waals surface area (Å²) in [6.07, 6.45) is 0. The van der Waals surface area contributed by atoms with Gasteiger partial charge in [-0.25, -0.2) is 9.18 Å². The molecule has 6 aromatic carbocycles. The molecule has 81 heavy (non-hydrogen) atoms. The maximum Gasteiger partial charge on any atom is 0.341 e. The fraction of sp³-hybridized carbons (Fsp3) is 0. The number of halogens is 3. The predicted molar refractivity (Wildman–Crippen MR) is 303 cm³/mol. The molecule has 0 saturated heterocycles. The summed E-state index contributed by atoms with van der Waals surface area (Å²) >= 11 is 21.5. The maximum atomic E-state index is 13.7. The van der Waals surface area contributed by atoms with Crippen molar-refractivity contribution in [1.29, 1.82) is 0 Å². The second-order valence-corrected chi connectivity index (χ2v) is 17.5. The first-order chi connectivity index (χ1) is 38.6. The van der Waals surface area contributed by atoms with Crippen LogP contribution in [-0.2, 0) is 0 Å². The van der Waals surface area contributed by atoms with E-state index in [4.69, 9.17) is 64.8 Å². The highest BCUT2D eigenvalue weighted by Crippen LogP contribution is 2.33. The van der Waals surface area contributed by atoms with Gasteiger partial charge in [0.2, 0.25) is 0 Å². The highest BCUT2D eigenvalue weighted by molar-refractivity contribution is 7.80. The number of rotatable bonds is 12. The van der Waals surface area contributed by atoms with Crippen molar-refractivity contribution in [2.24, 2.45) is 47.9 Å². The van der Waals surface area contributed by atoms with Crippen molar-refractivity contribution in [3.05, 3.63) is 223 Å². The molecule has 3 heterocycles. The smallest absolute Gasteiger partial charge is 0.341 e. The number of H-pyrrole nitrogens is 3. The van der Waals surface area contributed by atoms with Crippen LogP contribution in [0.15, 0.2) is 191 Å². The molecule has 0 atom stereocenters. The van der Waals surface area contributed by atoms with Gasteiger partial charge in [-0.3, -0.25) is 60.0 Å². The molecule has 0 fully saturated rings. The number of hydrogen-bond acceptors (Lipinski definition) is 18. The molecule has 3 aromatic heterocycles. The summed E-state index contributed by atoms with van der Waals surface area (Å²) in [6.45, 7) is 0. The lowest BCUT2D eigenvalue weighted by molar-refractivity contribution is -0.385. The Morgan fingerprint density at radius 1 is 0.481 bits per heavy atom. The van der Waals surface area contributed by atoms with Crippen LogP contribution in [0.5, 0.6) is 0 Å². The van der Waals surface area contributed by atoms with E-state index in [2.05, 4.69) is 46.0 Å². The van der Waals surface area contributed by atoms with Crippen LogP contribution < -0.4 is 33.9 Å². The molecule has 1 amide bonds. The summed E-state index contributed by atoms with van der Waals surface area (Å²) in [7, 11) is 0. The van der Waals surface area contributed by atoms with Gasteiger partial charge in [0.1, 0.15) is 11.4 Å². The number of amides is 1. The van der Waals surface area contributed by atoms with Gasteiger partial charge in [0.05, 0.1) is 42.6 Å². The molecule has 408 valence electrons. The number of non-ortho nitro benzene ring substituents is 3. The molecule has 0 radical (unpaired) electrons. The van der Waals surface area contributed by atoms with Crippen molar-refractivity contribution >= 4 is 115 Å². The number of hydrogen-bond donors (Lipinski definition) is 6. The van der Waals surface area contributed by atoms with E-state index in [1.165, 1.54) is 91.0 Å². The van der Waals surface area contributed by atoms with Crippen molar-refractivity contribution in [3.8, 4) is 33.8 Å². The summed E-state index contributed by atoms with van der Waals surface area (Å²) in [4.78, 5) is 79.7. The Bertz CT molecular complexity index is 4020. The van der Waals surface area contributed by atoms with Crippen LogP contribution in [0.4, 0.5) is 60.4 Å². The number of benzene rings is 6. The zero-order valence-corrected chi connectivity index (χ0v) is 43.6. The predicted octanol–water partition coefficient (Wildman–Crippen LogP) is 11.1. The number of nitrogens with zero attached hydrogens (tertiary/aromatic N) is 12. The molecule has 33 heteroatoms. The molecule has 0 aliphatic rings. The fourth-order valence-electron chi connectivity index (χ4n) is 6.77. The average molecular weight is 1180 g/mol. The zero-order valence-electron chi connectivity index (χ0n) is 40.5. The minimum absolute atomic E-state index is 0.0587. The third-order valence-electron chi connectivity index (χ3n) is 10.7. The first-order valence-electron chi connectivity index (χ1n) is 22.3. The Hall–Kier alpha value is -10.9. The minimum Gasteiger partial charge on any atom is -0.374 e. The summed E-state index contributed by atoms with van der Waals surface area (Å²) in [6, 6.07) is 34.0. The third kappa shape index (κ3) is 13.8. The molecular weight excluding hydrogens is 1140 g/mol. The SMILES string of the molecule is NC(=O)n1[nH]c(-c2ccc([N+](=O)[O-])cc2)c(N=Nc2ccc(Cl)cc2)c1=O.NC(=S)n1[nH]c(-c2ccc([N+](=O)[O-])cc2)c(N=Nc2ccccc2Cl)c1=O.NC(=S)n1[nH]c(-c2ccc([N+](=O)[O-])cc2)c(N=Nc2ccccc2F)c1=O. The molecule has 0 aliphatic heterocycles. The van der Waals surface area contributed by atoms with Crippen molar-refractivity contribution < 1.29 is 24.0 Å². The fourth-order valence-corrected chi connectivity index (χ4v) is 7.33. The lowest BCUT2D eigenvalue weighted by atomic mass is 10.1. The van der Waals surface area contributed by atoms with Gasteiger partial charge in [-0.1, -0.05) is 47.5 Å². The highest BCUT2D eigenvalue weighted by atomic mass is 35.5. The molecule has 9 N–H and O–H groups in total. The van der Waals surface area contributed by atoms with Gasteiger partial charge in [0.25, 0.3) is 17.1 Å². The van der Waals surface area contributed by atoms with Gasteiger partial charge in [-0.15, -0.1) is 25.6 Å². The van der Waals surface area contributed by atoms with Crippen LogP contribution in [0.3, 0.4) is 0 Å². The number of nitro benzene ring substituents is 3. The molecule has 28 nitrogen and oxygen atoms in total. The highest BCUT2D eigenvalue weighted by Gasteiger charge is 2.22. The van der Waals surface area contributed by atoms with Crippen LogP contribution in [0, 0.1) is 36.2 Å². The van der Waals surface area contributed by atoms with Gasteiger partial charge < -0.3 is 17.2 Å². The van der Waals surface area contributed by atoms with Crippen LogP contribution in [-0.4, -0.2) is 60.4 Å². The number of thiocarbonyl (C=S) groups is 2. The summed E-state index contributed by atoms with van der Waals surface area (Å²) < 4.78 is 16.1. The molecular formula is C48H33Cl2FN18O10S2. The van der Waals surface area contributed by atoms with E-state index < -0.39 is 43.3 Å². The Balaban J connectivity index is 0.000000175. The summed E-state index contributed by atoms with van der Waals surface area (Å²) in [5.74, 6) is -0.608. The van der Waals surface area contributed by atoms with Gasteiger partial charge in [-0.2, -0.15) is 19.2 Å². The first-order valence-corrected chi connectivity index (χ1v) is 23.9. The van der Waals surface area contributed by atoms with E-state index in [0.717, 1.165) is 9.36 Å². The second kappa shape index (κ2) is 25.5. The summed E-state index contributed by atoms with van der Waals surface area (Å²) in [5.41, 5.74) is 16.0. The van der Waals surface area contributed by atoms with E-state index >= 15 is 0 Å². The normalized spacial score (nSPS) is 11.0. The number of aromatic nitrogens is 6. The number of azo groups is 3. The topological polar surface area (TPSA) is 412 Å². The molecule has 0 saturated carbocycles. The van der Waals surface area contributed by atoms with E-state index in [-0.39, 0.29) is 67.1 Å². The lowest BCUT2D eigenvalue weighted by Gasteiger charge is -2.00. The summed E-state index contributed by atoms with van der Waals surface area (Å²) in [5, 5.41) is 64.3. The molecule has 0 unspecified atom stereocenters. The number of carbonyl (C=O) groups excluding carboxylic acids is 1. The van der Waals surface area contributed by atoms with Crippen LogP contribution in [0.25, 0.3) is 33.8 Å². The number of nitrogens with two attached hydrogens (primary N) is 3. The molecule has 9 rings (SSSR count). The first kappa shape index (κ1) is 57.8. The Labute approximate surface area is 470 Å². The van der Waals surface area contributed by atoms with E-state index in [0.29, 0.717) is 42.8 Å². The molecule has 9 aromatic rings. The second-order valence-electron chi connectivity index (χ2n) is 15.8. The van der Waals surface area contributed by atoms with E-state index in [9.17, 15) is 53.9 Å². The van der Waals surface area contributed by atoms with Crippen molar-refractivity contribution in [2.75, 3.05) is 0 Å². The van der Waals surface area contributed by atoms with E-state index in [1.807, 2.05) is 0 Å². The average Bonchev–Trinajstić information content (AvgIpc) is 4.22. The maximum absolute atomic E-state index is 13.7. The number of nitro groups is 3. The van der Waals surface area contributed by atoms with Crippen LogP contribution in [0.1, 0.15) is 0 Å².